The topological polar surface area (TPSA) is 72.6 Å². The van der Waals surface area contributed by atoms with Crippen molar-refractivity contribution < 1.29 is 13.2 Å². The van der Waals surface area contributed by atoms with Gasteiger partial charge in [0.1, 0.15) is 5.75 Å². The summed E-state index contributed by atoms with van der Waals surface area (Å²) in [6, 6.07) is 5.05. The van der Waals surface area contributed by atoms with Crippen molar-refractivity contribution in [2.24, 2.45) is 11.1 Å². The summed E-state index contributed by atoms with van der Waals surface area (Å²) in [6.07, 6.45) is 0.761. The molecule has 5 nitrogen and oxygen atoms in total. The molecular formula is C14H23ClN2O3S. The van der Waals surface area contributed by atoms with Crippen LogP contribution in [0.5, 0.6) is 5.75 Å². The standard InChI is InChI=1S/C14H22N2O3S.ClH/c1-14(2,9-15)10-16(3)20(17,18)12-4-5-13-11(8-12)6-7-19-13;/h4-5,8H,6-7,9-10,15H2,1-3H3;1H. The van der Waals surface area contributed by atoms with Crippen LogP contribution >= 0.6 is 12.4 Å². The molecule has 0 amide bonds. The predicted molar refractivity (Wildman–Crippen MR) is 85.5 cm³/mol. The maximum atomic E-state index is 12.6. The quantitative estimate of drug-likeness (QED) is 0.888. The molecule has 1 aliphatic heterocycles. The number of benzene rings is 1. The first-order valence-corrected chi connectivity index (χ1v) is 8.12. The van der Waals surface area contributed by atoms with Crippen LogP contribution in [0.1, 0.15) is 19.4 Å². The first-order chi connectivity index (χ1) is 9.26. The van der Waals surface area contributed by atoms with Crippen LogP contribution in [0.25, 0.3) is 0 Å². The highest BCUT2D eigenvalue weighted by Crippen LogP contribution is 2.29. The van der Waals surface area contributed by atoms with E-state index in [9.17, 15) is 8.42 Å². The SMILES string of the molecule is CN(CC(C)(C)CN)S(=O)(=O)c1ccc2c(c1)CCO2.Cl. The smallest absolute Gasteiger partial charge is 0.242 e. The summed E-state index contributed by atoms with van der Waals surface area (Å²) >= 11 is 0. The van der Waals surface area contributed by atoms with Gasteiger partial charge < -0.3 is 10.5 Å². The van der Waals surface area contributed by atoms with E-state index in [2.05, 4.69) is 0 Å². The maximum Gasteiger partial charge on any atom is 0.242 e. The highest BCUT2D eigenvalue weighted by Gasteiger charge is 2.28. The first-order valence-electron chi connectivity index (χ1n) is 6.68. The Kier molecular flexibility index (Phi) is 5.66. The molecule has 0 unspecified atom stereocenters. The lowest BCUT2D eigenvalue weighted by atomic mass is 9.94. The molecule has 2 N–H and O–H groups in total. The van der Waals surface area contributed by atoms with Gasteiger partial charge in [0, 0.05) is 20.0 Å². The number of hydrogen-bond donors (Lipinski definition) is 1. The minimum atomic E-state index is -3.48. The number of nitrogens with two attached hydrogens (primary N) is 1. The maximum absolute atomic E-state index is 12.6. The Morgan fingerprint density at radius 1 is 1.38 bits per heavy atom. The molecule has 0 saturated heterocycles. The molecular weight excluding hydrogens is 312 g/mol. The molecule has 0 aliphatic carbocycles. The van der Waals surface area contributed by atoms with Gasteiger partial charge in [0.2, 0.25) is 10.0 Å². The second-order valence-electron chi connectivity index (χ2n) is 6.00. The Bertz CT molecular complexity index is 602. The third-order valence-electron chi connectivity index (χ3n) is 3.57. The number of sulfonamides is 1. The second-order valence-corrected chi connectivity index (χ2v) is 8.04. The third-order valence-corrected chi connectivity index (χ3v) is 5.37. The molecule has 0 saturated carbocycles. The number of fused-ring (bicyclic) bond motifs is 1. The van der Waals surface area contributed by atoms with Crippen molar-refractivity contribution in [1.29, 1.82) is 0 Å². The largest absolute Gasteiger partial charge is 0.493 e. The minimum absolute atomic E-state index is 0. The van der Waals surface area contributed by atoms with Gasteiger partial charge in [0.05, 0.1) is 11.5 Å². The Morgan fingerprint density at radius 2 is 2.05 bits per heavy atom. The molecule has 0 radical (unpaired) electrons. The summed E-state index contributed by atoms with van der Waals surface area (Å²) in [4.78, 5) is 0.317. The van der Waals surface area contributed by atoms with Gasteiger partial charge in [-0.3, -0.25) is 0 Å². The summed E-state index contributed by atoms with van der Waals surface area (Å²) in [5.41, 5.74) is 6.38. The van der Waals surface area contributed by atoms with E-state index >= 15 is 0 Å². The van der Waals surface area contributed by atoms with E-state index in [1.54, 1.807) is 25.2 Å². The summed E-state index contributed by atoms with van der Waals surface area (Å²) in [7, 11) is -1.89. The molecule has 2 rings (SSSR count). The van der Waals surface area contributed by atoms with E-state index in [1.807, 2.05) is 13.8 Å². The minimum Gasteiger partial charge on any atom is -0.493 e. The van der Waals surface area contributed by atoms with Crippen LogP contribution in [-0.4, -0.2) is 39.5 Å². The van der Waals surface area contributed by atoms with E-state index in [0.717, 1.165) is 17.7 Å². The van der Waals surface area contributed by atoms with Crippen molar-refractivity contribution in [3.05, 3.63) is 23.8 Å². The van der Waals surface area contributed by atoms with Gasteiger partial charge in [-0.1, -0.05) is 13.8 Å². The fourth-order valence-electron chi connectivity index (χ4n) is 2.26. The van der Waals surface area contributed by atoms with E-state index in [-0.39, 0.29) is 17.8 Å². The number of nitrogens with zero attached hydrogens (tertiary/aromatic N) is 1. The fraction of sp³-hybridized carbons (Fsp3) is 0.571. The lowest BCUT2D eigenvalue weighted by Gasteiger charge is -2.28. The van der Waals surface area contributed by atoms with Crippen LogP contribution in [0.2, 0.25) is 0 Å². The normalized spacial score (nSPS) is 14.5. The Balaban J connectivity index is 0.00000220. The lowest BCUT2D eigenvalue weighted by Crippen LogP contribution is -2.39. The average Bonchev–Trinajstić information content (AvgIpc) is 2.85. The average molecular weight is 335 g/mol. The molecule has 0 atom stereocenters. The van der Waals surface area contributed by atoms with Gasteiger partial charge in [0.15, 0.2) is 0 Å². The molecule has 21 heavy (non-hydrogen) atoms. The molecule has 0 aromatic heterocycles. The third kappa shape index (κ3) is 3.88. The van der Waals surface area contributed by atoms with E-state index in [0.29, 0.717) is 24.6 Å². The number of hydrogen-bond acceptors (Lipinski definition) is 4. The van der Waals surface area contributed by atoms with Gasteiger partial charge in [-0.25, -0.2) is 12.7 Å². The zero-order valence-electron chi connectivity index (χ0n) is 12.6. The molecule has 0 spiro atoms. The van der Waals surface area contributed by atoms with Gasteiger partial charge in [-0.2, -0.15) is 0 Å². The zero-order valence-corrected chi connectivity index (χ0v) is 14.3. The zero-order chi connectivity index (χ0) is 15.0. The summed E-state index contributed by atoms with van der Waals surface area (Å²) in [6.45, 7) is 5.35. The van der Waals surface area contributed by atoms with Gasteiger partial charge in [-0.05, 0) is 35.7 Å². The van der Waals surface area contributed by atoms with Crippen molar-refractivity contribution in [2.75, 3.05) is 26.7 Å². The van der Waals surface area contributed by atoms with Crippen LogP contribution in [0.15, 0.2) is 23.1 Å². The van der Waals surface area contributed by atoms with E-state index in [1.165, 1.54) is 4.31 Å². The monoisotopic (exact) mass is 334 g/mol. The second kappa shape index (κ2) is 6.52. The Hall–Kier alpha value is -0.820. The lowest BCUT2D eigenvalue weighted by molar-refractivity contribution is 0.292. The van der Waals surface area contributed by atoms with E-state index < -0.39 is 10.0 Å². The Labute approximate surface area is 132 Å². The van der Waals surface area contributed by atoms with Crippen LogP contribution in [-0.2, 0) is 16.4 Å². The molecule has 0 fully saturated rings. The Morgan fingerprint density at radius 3 is 2.67 bits per heavy atom. The summed E-state index contributed by atoms with van der Waals surface area (Å²) in [5, 5.41) is 0. The summed E-state index contributed by atoms with van der Waals surface area (Å²) < 4.78 is 31.9. The number of halogens is 1. The first kappa shape index (κ1) is 18.2. The predicted octanol–water partition coefficient (Wildman–Crippen LogP) is 1.65. The molecule has 1 heterocycles. The van der Waals surface area contributed by atoms with Gasteiger partial charge >= 0.3 is 0 Å². The molecule has 1 aromatic rings. The van der Waals surface area contributed by atoms with Gasteiger partial charge in [-0.15, -0.1) is 12.4 Å². The highest BCUT2D eigenvalue weighted by molar-refractivity contribution is 7.89. The van der Waals surface area contributed by atoms with Crippen molar-refractivity contribution >= 4 is 22.4 Å². The molecule has 1 aliphatic rings. The highest BCUT2D eigenvalue weighted by atomic mass is 35.5. The van der Waals surface area contributed by atoms with Crippen LogP contribution in [0, 0.1) is 5.41 Å². The number of rotatable bonds is 5. The van der Waals surface area contributed by atoms with Crippen molar-refractivity contribution in [2.45, 2.75) is 25.2 Å². The number of ether oxygens (including phenoxy) is 1. The van der Waals surface area contributed by atoms with Crippen molar-refractivity contribution in [3.8, 4) is 5.75 Å². The van der Waals surface area contributed by atoms with Gasteiger partial charge in [0.25, 0.3) is 0 Å². The fourth-order valence-corrected chi connectivity index (χ4v) is 3.67. The van der Waals surface area contributed by atoms with Crippen LogP contribution < -0.4 is 10.5 Å². The van der Waals surface area contributed by atoms with Crippen LogP contribution in [0.4, 0.5) is 0 Å². The molecule has 1 aromatic carbocycles. The molecule has 120 valence electrons. The van der Waals surface area contributed by atoms with Crippen LogP contribution in [0.3, 0.4) is 0 Å². The van der Waals surface area contributed by atoms with Crippen molar-refractivity contribution in [1.82, 2.24) is 4.31 Å². The summed E-state index contributed by atoms with van der Waals surface area (Å²) in [5.74, 6) is 0.786. The molecule has 7 heteroatoms. The van der Waals surface area contributed by atoms with Crippen molar-refractivity contribution in [3.63, 3.8) is 0 Å². The van der Waals surface area contributed by atoms with E-state index in [4.69, 9.17) is 10.5 Å². The molecule has 0 bridgehead atoms.